The molecule has 3 aromatic carbocycles. The van der Waals surface area contributed by atoms with E-state index in [1.54, 1.807) is 19.1 Å². The first-order valence-corrected chi connectivity index (χ1v) is 12.2. The highest BCUT2D eigenvalue weighted by Crippen LogP contribution is 2.45. The molecule has 0 saturated carbocycles. The molecule has 0 aliphatic carbocycles. The molecular weight excluding hydrogens is 495 g/mol. The molecule has 5 rings (SSSR count). The van der Waals surface area contributed by atoms with Crippen LogP contribution in [0.1, 0.15) is 35.2 Å². The van der Waals surface area contributed by atoms with Crippen LogP contribution >= 0.6 is 23.2 Å². The molecule has 1 aliphatic rings. The van der Waals surface area contributed by atoms with Crippen LogP contribution in [-0.4, -0.2) is 17.6 Å². The second-order valence-electron chi connectivity index (χ2n) is 8.26. The molecule has 1 unspecified atom stereocenters. The zero-order chi connectivity index (χ0) is 25.2. The lowest BCUT2D eigenvalue weighted by Gasteiger charge is -2.29. The van der Waals surface area contributed by atoms with Crippen molar-refractivity contribution in [1.29, 1.82) is 0 Å². The van der Waals surface area contributed by atoms with Crippen molar-refractivity contribution >= 4 is 52.2 Å². The first-order valence-electron chi connectivity index (χ1n) is 11.4. The molecule has 0 radical (unpaired) electrons. The van der Waals surface area contributed by atoms with Crippen LogP contribution in [0.15, 0.2) is 84.3 Å². The molecule has 2 N–H and O–H groups in total. The molecule has 2 heterocycles. The Morgan fingerprint density at radius 2 is 1.64 bits per heavy atom. The van der Waals surface area contributed by atoms with Crippen LogP contribution in [0.25, 0.3) is 23.1 Å². The van der Waals surface area contributed by atoms with Gasteiger partial charge in [0.25, 0.3) is 0 Å². The van der Waals surface area contributed by atoms with Crippen molar-refractivity contribution in [3.05, 3.63) is 117 Å². The van der Waals surface area contributed by atoms with Crippen LogP contribution in [0.2, 0.25) is 10.0 Å². The van der Waals surface area contributed by atoms with Gasteiger partial charge in [-0.2, -0.15) is 0 Å². The van der Waals surface area contributed by atoms with E-state index < -0.39 is 11.9 Å². The first-order chi connectivity index (χ1) is 17.4. The average Bonchev–Trinajstić information content (AvgIpc) is 2.88. The van der Waals surface area contributed by atoms with E-state index in [2.05, 4.69) is 0 Å². The van der Waals surface area contributed by atoms with E-state index in [1.807, 2.05) is 72.8 Å². The van der Waals surface area contributed by atoms with Crippen molar-refractivity contribution in [2.45, 2.75) is 12.8 Å². The predicted octanol–water partition coefficient (Wildman–Crippen LogP) is 6.97. The number of fused-ring (bicyclic) bond motifs is 3. The molecule has 0 amide bonds. The van der Waals surface area contributed by atoms with Gasteiger partial charge < -0.3 is 15.2 Å². The van der Waals surface area contributed by atoms with E-state index in [-0.39, 0.29) is 18.1 Å². The second-order valence-corrected chi connectivity index (χ2v) is 9.13. The molecule has 0 saturated heterocycles. The summed E-state index contributed by atoms with van der Waals surface area (Å²) in [4.78, 5) is 17.8. The van der Waals surface area contributed by atoms with Crippen LogP contribution < -0.4 is 10.5 Å². The van der Waals surface area contributed by atoms with E-state index >= 15 is 0 Å². The maximum Gasteiger partial charge on any atom is 0.340 e. The maximum atomic E-state index is 12.9. The summed E-state index contributed by atoms with van der Waals surface area (Å²) in [7, 11) is 0. The summed E-state index contributed by atoms with van der Waals surface area (Å²) in [6.07, 6.45) is 3.88. The normalized spacial score (nSPS) is 15.1. The number of aromatic nitrogens is 1. The number of benzene rings is 3. The van der Waals surface area contributed by atoms with E-state index in [0.29, 0.717) is 21.3 Å². The molecule has 0 spiro atoms. The number of nitrogens with two attached hydrogens (primary N) is 1. The Balaban J connectivity index is 1.63. The summed E-state index contributed by atoms with van der Waals surface area (Å²) >= 11 is 12.1. The van der Waals surface area contributed by atoms with Crippen LogP contribution in [-0.2, 0) is 9.53 Å². The smallest absolute Gasteiger partial charge is 0.340 e. The number of ether oxygens (including phenoxy) is 2. The number of pyridine rings is 1. The van der Waals surface area contributed by atoms with Crippen LogP contribution in [0, 0.1) is 0 Å². The van der Waals surface area contributed by atoms with Crippen molar-refractivity contribution < 1.29 is 14.3 Å². The third-order valence-corrected chi connectivity index (χ3v) is 6.46. The van der Waals surface area contributed by atoms with Gasteiger partial charge in [-0.1, -0.05) is 71.7 Å². The fourth-order valence-electron chi connectivity index (χ4n) is 4.27. The molecule has 0 bridgehead atoms. The first kappa shape index (κ1) is 23.9. The number of rotatable bonds is 5. The fourth-order valence-corrected chi connectivity index (χ4v) is 4.52. The van der Waals surface area contributed by atoms with Crippen molar-refractivity contribution in [3.63, 3.8) is 0 Å². The number of esters is 1. The summed E-state index contributed by atoms with van der Waals surface area (Å²) < 4.78 is 11.4. The third-order valence-electron chi connectivity index (χ3n) is 5.96. The fraction of sp³-hybridized carbons (Fsp3) is 0.103. The minimum Gasteiger partial charge on any atom is -0.462 e. The van der Waals surface area contributed by atoms with Gasteiger partial charge in [-0.05, 0) is 54.5 Å². The molecule has 1 atom stereocenters. The Kier molecular flexibility index (Phi) is 6.68. The zero-order valence-electron chi connectivity index (χ0n) is 19.4. The van der Waals surface area contributed by atoms with E-state index in [9.17, 15) is 4.79 Å². The number of carbonyl (C=O) groups is 1. The van der Waals surface area contributed by atoms with Gasteiger partial charge in [0, 0.05) is 21.0 Å². The lowest BCUT2D eigenvalue weighted by Crippen LogP contribution is -2.27. The Bertz CT molecular complexity index is 1510. The molecular formula is C29H22Cl2N2O3. The van der Waals surface area contributed by atoms with Crippen molar-refractivity contribution in [3.8, 4) is 5.75 Å². The molecule has 7 heteroatoms. The van der Waals surface area contributed by atoms with E-state index in [4.69, 9.17) is 43.4 Å². The highest BCUT2D eigenvalue weighted by molar-refractivity contribution is 6.30. The summed E-state index contributed by atoms with van der Waals surface area (Å²) in [5, 5.41) is 2.17. The summed E-state index contributed by atoms with van der Waals surface area (Å²) in [5.74, 6) is -0.505. The van der Waals surface area contributed by atoms with E-state index in [1.165, 1.54) is 0 Å². The van der Waals surface area contributed by atoms with Gasteiger partial charge in [-0.3, -0.25) is 0 Å². The molecule has 5 nitrogen and oxygen atoms in total. The summed E-state index contributed by atoms with van der Waals surface area (Å²) in [6, 6.07) is 22.7. The lowest BCUT2D eigenvalue weighted by molar-refractivity contribution is -0.139. The number of carbonyl (C=O) groups excluding carboxylic acids is 1. The van der Waals surface area contributed by atoms with Gasteiger partial charge in [0.2, 0.25) is 5.88 Å². The highest BCUT2D eigenvalue weighted by atomic mass is 35.5. The van der Waals surface area contributed by atoms with Gasteiger partial charge in [0.1, 0.15) is 11.1 Å². The van der Waals surface area contributed by atoms with Crippen molar-refractivity contribution in [2.75, 3.05) is 6.61 Å². The van der Waals surface area contributed by atoms with Crippen molar-refractivity contribution in [1.82, 2.24) is 4.98 Å². The molecule has 36 heavy (non-hydrogen) atoms. The minimum atomic E-state index is -0.520. The minimum absolute atomic E-state index is 0.00249. The highest BCUT2D eigenvalue weighted by Gasteiger charge is 2.36. The van der Waals surface area contributed by atoms with Crippen molar-refractivity contribution in [2.24, 2.45) is 5.73 Å². The van der Waals surface area contributed by atoms with Gasteiger partial charge in [0.15, 0.2) is 5.75 Å². The SMILES string of the molecule is CCOC(=O)C1=C(N)Oc2c(ccc3ccc(/C=C/c4ccc(Cl)cc4)nc23)C1c1ccc(Cl)cc1. The second kappa shape index (κ2) is 10.1. The largest absolute Gasteiger partial charge is 0.462 e. The Morgan fingerprint density at radius 3 is 2.33 bits per heavy atom. The molecule has 1 aliphatic heterocycles. The van der Waals surface area contributed by atoms with Gasteiger partial charge in [-0.25, -0.2) is 9.78 Å². The van der Waals surface area contributed by atoms with Crippen LogP contribution in [0.4, 0.5) is 0 Å². The van der Waals surface area contributed by atoms with Crippen LogP contribution in [0.3, 0.4) is 0 Å². The van der Waals surface area contributed by atoms with Gasteiger partial charge in [0.05, 0.1) is 18.2 Å². The van der Waals surface area contributed by atoms with Gasteiger partial charge >= 0.3 is 5.97 Å². The summed E-state index contributed by atoms with van der Waals surface area (Å²) in [5.41, 5.74) is 10.6. The Labute approximate surface area is 218 Å². The predicted molar refractivity (Wildman–Crippen MR) is 144 cm³/mol. The molecule has 1 aromatic heterocycles. The standard InChI is InChI=1S/C29H22Cl2N2O3/c1-2-35-29(34)25-24(18-6-12-21(31)13-7-18)23-16-9-19-8-15-22(33-26(19)27(23)36-28(25)32)14-5-17-3-10-20(30)11-4-17/h3-16,24H,2,32H2,1H3/b14-5+. The Morgan fingerprint density at radius 1 is 0.972 bits per heavy atom. The number of hydrogen-bond donors (Lipinski definition) is 1. The zero-order valence-corrected chi connectivity index (χ0v) is 20.9. The number of halogens is 2. The Hall–Kier alpha value is -3.80. The molecule has 0 fully saturated rings. The van der Waals surface area contributed by atoms with Gasteiger partial charge in [-0.15, -0.1) is 0 Å². The quantitative estimate of drug-likeness (QED) is 0.290. The average molecular weight is 517 g/mol. The number of nitrogens with zero attached hydrogens (tertiary/aromatic N) is 1. The van der Waals surface area contributed by atoms with E-state index in [0.717, 1.165) is 27.8 Å². The molecule has 180 valence electrons. The topological polar surface area (TPSA) is 74.4 Å². The molecule has 4 aromatic rings. The monoisotopic (exact) mass is 516 g/mol. The summed E-state index contributed by atoms with van der Waals surface area (Å²) in [6.45, 7) is 1.97. The third kappa shape index (κ3) is 4.68. The lowest BCUT2D eigenvalue weighted by atomic mass is 9.82. The maximum absolute atomic E-state index is 12.9. The van der Waals surface area contributed by atoms with Crippen LogP contribution in [0.5, 0.6) is 5.75 Å². The number of hydrogen-bond acceptors (Lipinski definition) is 5.